The van der Waals surface area contributed by atoms with Gasteiger partial charge in [-0.2, -0.15) is 0 Å². The largest absolute Gasteiger partial charge is 0.497 e. The van der Waals surface area contributed by atoms with Crippen LogP contribution in [0.2, 0.25) is 0 Å². The van der Waals surface area contributed by atoms with Crippen molar-refractivity contribution in [1.82, 2.24) is 5.32 Å². The molecule has 2 amide bonds. The molecule has 0 aliphatic heterocycles. The summed E-state index contributed by atoms with van der Waals surface area (Å²) < 4.78 is 15.9. The van der Waals surface area contributed by atoms with Crippen LogP contribution in [-0.2, 0) is 4.79 Å². The predicted octanol–water partition coefficient (Wildman–Crippen LogP) is 3.25. The number of amides is 2. The number of rotatable bonds is 10. The van der Waals surface area contributed by atoms with Crippen LogP contribution in [0.1, 0.15) is 30.1 Å². The summed E-state index contributed by atoms with van der Waals surface area (Å²) in [4.78, 5) is 24.5. The molecule has 0 aromatic heterocycles. The highest BCUT2D eigenvalue weighted by atomic mass is 16.5. The van der Waals surface area contributed by atoms with E-state index in [0.29, 0.717) is 48.1 Å². The summed E-state index contributed by atoms with van der Waals surface area (Å²) in [7, 11) is 3.09. The molecule has 0 saturated heterocycles. The quantitative estimate of drug-likeness (QED) is 0.612. The third kappa shape index (κ3) is 5.90. The summed E-state index contributed by atoms with van der Waals surface area (Å²) in [6.07, 6.45) is 0.758. The van der Waals surface area contributed by atoms with Crippen molar-refractivity contribution >= 4 is 17.5 Å². The highest BCUT2D eigenvalue weighted by Crippen LogP contribution is 2.29. The zero-order valence-corrected chi connectivity index (χ0v) is 16.4. The minimum atomic E-state index is -0.223. The number of benzene rings is 2. The van der Waals surface area contributed by atoms with Crippen LogP contribution in [0.25, 0.3) is 0 Å². The second-order valence-electron chi connectivity index (χ2n) is 5.90. The van der Waals surface area contributed by atoms with Crippen LogP contribution < -0.4 is 24.8 Å². The van der Waals surface area contributed by atoms with Gasteiger partial charge in [0.15, 0.2) is 0 Å². The monoisotopic (exact) mass is 386 g/mol. The number of hydrogen-bond acceptors (Lipinski definition) is 5. The van der Waals surface area contributed by atoms with Crippen LogP contribution in [0, 0.1) is 0 Å². The molecule has 0 atom stereocenters. The Morgan fingerprint density at radius 2 is 1.79 bits per heavy atom. The topological polar surface area (TPSA) is 85.9 Å². The second kappa shape index (κ2) is 10.8. The molecule has 0 bridgehead atoms. The van der Waals surface area contributed by atoms with Crippen LogP contribution >= 0.6 is 0 Å². The fourth-order valence-electron chi connectivity index (χ4n) is 2.61. The third-order valence-corrected chi connectivity index (χ3v) is 3.98. The molecule has 0 unspecified atom stereocenters. The minimum absolute atomic E-state index is 0.171. The van der Waals surface area contributed by atoms with E-state index in [1.165, 1.54) is 7.11 Å². The van der Waals surface area contributed by atoms with Crippen molar-refractivity contribution < 1.29 is 23.8 Å². The maximum absolute atomic E-state index is 12.3. The van der Waals surface area contributed by atoms with Crippen LogP contribution in [0.4, 0.5) is 5.69 Å². The van der Waals surface area contributed by atoms with Gasteiger partial charge in [-0.25, -0.2) is 0 Å². The summed E-state index contributed by atoms with van der Waals surface area (Å²) in [5.41, 5.74) is 1.02. The van der Waals surface area contributed by atoms with Crippen molar-refractivity contribution in [2.75, 3.05) is 32.7 Å². The van der Waals surface area contributed by atoms with Gasteiger partial charge in [-0.3, -0.25) is 9.59 Å². The second-order valence-corrected chi connectivity index (χ2v) is 5.90. The van der Waals surface area contributed by atoms with Gasteiger partial charge in [-0.15, -0.1) is 0 Å². The Kier molecular flexibility index (Phi) is 8.14. The van der Waals surface area contributed by atoms with Gasteiger partial charge >= 0.3 is 0 Å². The number of ether oxygens (including phenoxy) is 3. The van der Waals surface area contributed by atoms with E-state index >= 15 is 0 Å². The summed E-state index contributed by atoms with van der Waals surface area (Å²) in [5, 5.41) is 5.62. The van der Waals surface area contributed by atoms with Crippen LogP contribution in [0.15, 0.2) is 42.5 Å². The first kappa shape index (κ1) is 21.1. The van der Waals surface area contributed by atoms with Crippen molar-refractivity contribution in [2.45, 2.75) is 19.8 Å². The Morgan fingerprint density at radius 3 is 2.50 bits per heavy atom. The molecule has 0 aliphatic carbocycles. The van der Waals surface area contributed by atoms with E-state index in [2.05, 4.69) is 10.6 Å². The molecule has 2 N–H and O–H groups in total. The van der Waals surface area contributed by atoms with E-state index < -0.39 is 0 Å². The molecule has 2 rings (SSSR count). The van der Waals surface area contributed by atoms with E-state index in [0.717, 1.165) is 0 Å². The van der Waals surface area contributed by atoms with E-state index in [9.17, 15) is 9.59 Å². The lowest BCUT2D eigenvalue weighted by Crippen LogP contribution is -2.26. The molecule has 0 spiro atoms. The Hall–Kier alpha value is -3.22. The molecule has 2 aromatic rings. The van der Waals surface area contributed by atoms with Gasteiger partial charge in [-0.05, 0) is 37.6 Å². The summed E-state index contributed by atoms with van der Waals surface area (Å²) in [6, 6.07) is 12.2. The lowest BCUT2D eigenvalue weighted by atomic mass is 10.2. The van der Waals surface area contributed by atoms with Crippen molar-refractivity contribution in [3.63, 3.8) is 0 Å². The average Bonchev–Trinajstić information content (AvgIpc) is 2.71. The Bertz CT molecular complexity index is 807. The molecule has 0 radical (unpaired) electrons. The lowest BCUT2D eigenvalue weighted by molar-refractivity contribution is -0.116. The van der Waals surface area contributed by atoms with E-state index in [1.807, 2.05) is 13.0 Å². The van der Waals surface area contributed by atoms with Crippen LogP contribution in [0.3, 0.4) is 0 Å². The molecule has 0 aliphatic rings. The first-order chi connectivity index (χ1) is 13.6. The van der Waals surface area contributed by atoms with Gasteiger partial charge in [0, 0.05) is 19.0 Å². The van der Waals surface area contributed by atoms with Crippen LogP contribution in [0.5, 0.6) is 17.2 Å². The molecular weight excluding hydrogens is 360 g/mol. The zero-order valence-electron chi connectivity index (χ0n) is 16.4. The highest BCUT2D eigenvalue weighted by Gasteiger charge is 2.12. The normalized spacial score (nSPS) is 10.1. The lowest BCUT2D eigenvalue weighted by Gasteiger charge is -2.12. The molecule has 0 saturated carbocycles. The van der Waals surface area contributed by atoms with Crippen molar-refractivity contribution in [3.05, 3.63) is 48.0 Å². The Balaban J connectivity index is 1.82. The van der Waals surface area contributed by atoms with E-state index in [4.69, 9.17) is 14.2 Å². The van der Waals surface area contributed by atoms with Crippen molar-refractivity contribution in [2.24, 2.45) is 0 Å². The first-order valence-electron chi connectivity index (χ1n) is 9.11. The zero-order chi connectivity index (χ0) is 20.4. The predicted molar refractivity (Wildman–Crippen MR) is 107 cm³/mol. The number of para-hydroxylation sites is 1. The molecule has 2 aromatic carbocycles. The van der Waals surface area contributed by atoms with Gasteiger partial charge < -0.3 is 24.8 Å². The summed E-state index contributed by atoms with van der Waals surface area (Å²) >= 11 is 0. The number of carbonyl (C=O) groups is 2. The molecule has 7 nitrogen and oxygen atoms in total. The van der Waals surface area contributed by atoms with E-state index in [-0.39, 0.29) is 18.2 Å². The smallest absolute Gasteiger partial charge is 0.255 e. The fraction of sp³-hybridized carbons (Fsp3) is 0.333. The molecule has 0 heterocycles. The maximum Gasteiger partial charge on any atom is 0.255 e. The standard InChI is InChI=1S/C21H26N2O5/c1-4-28-18-9-6-5-8-16(18)21(25)22-13-7-10-20(24)23-17-14-15(26-2)11-12-19(17)27-3/h5-6,8-9,11-12,14H,4,7,10,13H2,1-3H3,(H,22,25)(H,23,24). The number of methoxy groups -OCH3 is 2. The fourth-order valence-corrected chi connectivity index (χ4v) is 2.61. The summed E-state index contributed by atoms with van der Waals surface area (Å²) in [6.45, 7) is 2.73. The van der Waals surface area contributed by atoms with Crippen LogP contribution in [-0.4, -0.2) is 39.2 Å². The number of nitrogens with one attached hydrogen (secondary N) is 2. The first-order valence-corrected chi connectivity index (χ1v) is 9.11. The third-order valence-electron chi connectivity index (χ3n) is 3.98. The highest BCUT2D eigenvalue weighted by molar-refractivity contribution is 5.97. The SMILES string of the molecule is CCOc1ccccc1C(=O)NCCCC(=O)Nc1cc(OC)ccc1OC. The van der Waals surface area contributed by atoms with Gasteiger partial charge in [0.25, 0.3) is 5.91 Å². The number of anilines is 1. The molecule has 28 heavy (non-hydrogen) atoms. The van der Waals surface area contributed by atoms with Gasteiger partial charge in [0.1, 0.15) is 17.2 Å². The summed E-state index contributed by atoms with van der Waals surface area (Å²) in [5.74, 6) is 1.33. The van der Waals surface area contributed by atoms with Gasteiger partial charge in [0.2, 0.25) is 5.91 Å². The molecule has 150 valence electrons. The minimum Gasteiger partial charge on any atom is -0.497 e. The molecule has 0 fully saturated rings. The maximum atomic E-state index is 12.3. The van der Waals surface area contributed by atoms with Crippen molar-refractivity contribution in [3.8, 4) is 17.2 Å². The molecular formula is C21H26N2O5. The Labute approximate surface area is 165 Å². The number of hydrogen-bond donors (Lipinski definition) is 2. The average molecular weight is 386 g/mol. The molecule has 7 heteroatoms. The van der Waals surface area contributed by atoms with Gasteiger partial charge in [0.05, 0.1) is 32.1 Å². The number of carbonyl (C=O) groups excluding carboxylic acids is 2. The Morgan fingerprint density at radius 1 is 1.00 bits per heavy atom. The van der Waals surface area contributed by atoms with Crippen molar-refractivity contribution in [1.29, 1.82) is 0 Å². The van der Waals surface area contributed by atoms with Gasteiger partial charge in [-0.1, -0.05) is 12.1 Å². The van der Waals surface area contributed by atoms with E-state index in [1.54, 1.807) is 43.5 Å².